The molecule has 0 saturated carbocycles. The first-order chi connectivity index (χ1) is 11.1. The van der Waals surface area contributed by atoms with E-state index in [1.807, 2.05) is 24.3 Å². The van der Waals surface area contributed by atoms with E-state index in [0.717, 1.165) is 5.56 Å². The summed E-state index contributed by atoms with van der Waals surface area (Å²) in [6, 6.07) is 13.6. The Morgan fingerprint density at radius 1 is 1.09 bits per heavy atom. The van der Waals surface area contributed by atoms with Crippen LogP contribution in [0.2, 0.25) is 0 Å². The van der Waals surface area contributed by atoms with Gasteiger partial charge >= 0.3 is 0 Å². The van der Waals surface area contributed by atoms with Gasteiger partial charge in [-0.05, 0) is 35.9 Å². The van der Waals surface area contributed by atoms with Crippen LogP contribution in [0, 0.1) is 0 Å². The highest BCUT2D eigenvalue weighted by atomic mass is 16.5. The van der Waals surface area contributed by atoms with Crippen molar-refractivity contribution in [3.05, 3.63) is 65.7 Å². The van der Waals surface area contributed by atoms with E-state index in [4.69, 9.17) is 9.47 Å². The van der Waals surface area contributed by atoms with Crippen molar-refractivity contribution in [2.45, 2.75) is 0 Å². The standard InChI is InChI=1S/C18H16O5/c1-22-15-6-2-4-13(10-15)8-9-17(19)14-5-3-7-16(11-14)23-12-18(20)21/h2-11H,12H2,1H3,(H,20,21)/p-1/b9-8+. The zero-order chi connectivity index (χ0) is 16.7. The molecule has 0 heterocycles. The molecular formula is C18H15O5-. The zero-order valence-corrected chi connectivity index (χ0v) is 12.5. The van der Waals surface area contributed by atoms with Gasteiger partial charge in [0.2, 0.25) is 0 Å². The van der Waals surface area contributed by atoms with Gasteiger partial charge in [-0.25, -0.2) is 0 Å². The molecule has 0 fully saturated rings. The van der Waals surface area contributed by atoms with Gasteiger partial charge in [0.1, 0.15) is 18.1 Å². The second kappa shape index (κ2) is 7.79. The molecule has 5 nitrogen and oxygen atoms in total. The molecule has 0 bridgehead atoms. The van der Waals surface area contributed by atoms with E-state index in [0.29, 0.717) is 17.1 Å². The van der Waals surface area contributed by atoms with Crippen molar-refractivity contribution in [2.75, 3.05) is 13.7 Å². The average Bonchev–Trinajstić information content (AvgIpc) is 2.58. The highest BCUT2D eigenvalue weighted by Gasteiger charge is 2.04. The highest BCUT2D eigenvalue weighted by molar-refractivity contribution is 6.07. The second-order valence-electron chi connectivity index (χ2n) is 4.66. The Balaban J connectivity index is 2.09. The molecule has 118 valence electrons. The van der Waals surface area contributed by atoms with Crippen LogP contribution < -0.4 is 14.6 Å². The molecule has 0 radical (unpaired) electrons. The lowest BCUT2D eigenvalue weighted by Crippen LogP contribution is -2.28. The molecule has 5 heteroatoms. The SMILES string of the molecule is COc1cccc(/C=C/C(=O)c2cccc(OCC(=O)[O-])c2)c1. The average molecular weight is 311 g/mol. The molecule has 0 aliphatic rings. The first-order valence-electron chi connectivity index (χ1n) is 6.87. The fraction of sp³-hybridized carbons (Fsp3) is 0.111. The summed E-state index contributed by atoms with van der Waals surface area (Å²) in [7, 11) is 1.58. The van der Waals surface area contributed by atoms with Gasteiger partial charge < -0.3 is 19.4 Å². The molecule has 0 N–H and O–H groups in total. The van der Waals surface area contributed by atoms with Crippen LogP contribution in [0.25, 0.3) is 6.08 Å². The maximum absolute atomic E-state index is 12.2. The normalized spacial score (nSPS) is 10.5. The van der Waals surface area contributed by atoms with Crippen LogP contribution >= 0.6 is 0 Å². The van der Waals surface area contributed by atoms with Gasteiger partial charge in [0.25, 0.3) is 0 Å². The second-order valence-corrected chi connectivity index (χ2v) is 4.66. The topological polar surface area (TPSA) is 75.7 Å². The van der Waals surface area contributed by atoms with Gasteiger partial charge in [-0.2, -0.15) is 0 Å². The molecule has 23 heavy (non-hydrogen) atoms. The van der Waals surface area contributed by atoms with Crippen molar-refractivity contribution in [2.24, 2.45) is 0 Å². The van der Waals surface area contributed by atoms with Crippen LogP contribution in [0.15, 0.2) is 54.6 Å². The number of ether oxygens (including phenoxy) is 2. The van der Waals surface area contributed by atoms with Crippen LogP contribution in [-0.4, -0.2) is 25.5 Å². The van der Waals surface area contributed by atoms with Crippen LogP contribution in [0.1, 0.15) is 15.9 Å². The number of carbonyl (C=O) groups is 2. The molecule has 0 unspecified atom stereocenters. The maximum atomic E-state index is 12.2. The number of aliphatic carboxylic acids is 1. The van der Waals surface area contributed by atoms with Gasteiger partial charge in [0.15, 0.2) is 5.78 Å². The van der Waals surface area contributed by atoms with Gasteiger partial charge in [0, 0.05) is 5.56 Å². The Hall–Kier alpha value is -3.08. The number of allylic oxidation sites excluding steroid dienone is 1. The smallest absolute Gasteiger partial charge is 0.185 e. The minimum absolute atomic E-state index is 0.216. The summed E-state index contributed by atoms with van der Waals surface area (Å²) in [6.07, 6.45) is 3.12. The van der Waals surface area contributed by atoms with E-state index in [9.17, 15) is 14.7 Å². The van der Waals surface area contributed by atoms with E-state index >= 15 is 0 Å². The molecule has 2 aromatic carbocycles. The third-order valence-electron chi connectivity index (χ3n) is 3.00. The fourth-order valence-corrected chi connectivity index (χ4v) is 1.89. The summed E-state index contributed by atoms with van der Waals surface area (Å²) in [5, 5.41) is 10.4. The van der Waals surface area contributed by atoms with Crippen molar-refractivity contribution >= 4 is 17.8 Å². The van der Waals surface area contributed by atoms with Crippen molar-refractivity contribution < 1.29 is 24.2 Å². The maximum Gasteiger partial charge on any atom is 0.185 e. The zero-order valence-electron chi connectivity index (χ0n) is 12.5. The molecular weight excluding hydrogens is 296 g/mol. The third kappa shape index (κ3) is 5.00. The Kier molecular flexibility index (Phi) is 5.52. The number of carboxylic acid groups (broad SMARTS) is 1. The number of methoxy groups -OCH3 is 1. The van der Waals surface area contributed by atoms with E-state index in [1.165, 1.54) is 12.1 Å². The van der Waals surface area contributed by atoms with Crippen molar-refractivity contribution in [1.82, 2.24) is 0 Å². The van der Waals surface area contributed by atoms with Crippen molar-refractivity contribution in [1.29, 1.82) is 0 Å². The number of ketones is 1. The predicted molar refractivity (Wildman–Crippen MR) is 83.3 cm³/mol. The Labute approximate surface area is 133 Å². The van der Waals surface area contributed by atoms with Gasteiger partial charge in [0.05, 0.1) is 13.1 Å². The first-order valence-corrected chi connectivity index (χ1v) is 6.87. The van der Waals surface area contributed by atoms with Crippen molar-refractivity contribution in [3.8, 4) is 11.5 Å². The molecule has 0 aliphatic carbocycles. The van der Waals surface area contributed by atoms with E-state index in [1.54, 1.807) is 31.4 Å². The molecule has 0 atom stereocenters. The van der Waals surface area contributed by atoms with Crippen molar-refractivity contribution in [3.63, 3.8) is 0 Å². The molecule has 0 aromatic heterocycles. The quantitative estimate of drug-likeness (QED) is 0.575. The minimum atomic E-state index is -1.32. The highest BCUT2D eigenvalue weighted by Crippen LogP contribution is 2.16. The van der Waals surface area contributed by atoms with Crippen LogP contribution in [0.4, 0.5) is 0 Å². The van der Waals surface area contributed by atoms with Gasteiger partial charge in [-0.15, -0.1) is 0 Å². The van der Waals surface area contributed by atoms with Gasteiger partial charge in [-0.1, -0.05) is 30.3 Å². The number of benzene rings is 2. The molecule has 0 aliphatic heterocycles. The Morgan fingerprint density at radius 2 is 1.83 bits per heavy atom. The number of hydrogen-bond donors (Lipinski definition) is 0. The summed E-state index contributed by atoms with van der Waals surface area (Å²) in [4.78, 5) is 22.5. The van der Waals surface area contributed by atoms with E-state index in [2.05, 4.69) is 0 Å². The molecule has 2 aromatic rings. The van der Waals surface area contributed by atoms with Crippen LogP contribution in [-0.2, 0) is 4.79 Å². The van der Waals surface area contributed by atoms with E-state index < -0.39 is 12.6 Å². The third-order valence-corrected chi connectivity index (χ3v) is 3.00. The Bertz CT molecular complexity index is 734. The lowest BCUT2D eigenvalue weighted by atomic mass is 10.1. The summed E-state index contributed by atoms with van der Waals surface area (Å²) >= 11 is 0. The monoisotopic (exact) mass is 311 g/mol. The minimum Gasteiger partial charge on any atom is -0.546 e. The number of carboxylic acids is 1. The predicted octanol–water partition coefficient (Wildman–Crippen LogP) is 1.72. The van der Waals surface area contributed by atoms with Gasteiger partial charge in [-0.3, -0.25) is 4.79 Å². The number of carbonyl (C=O) groups excluding carboxylic acids is 2. The van der Waals surface area contributed by atoms with E-state index in [-0.39, 0.29) is 5.78 Å². The summed E-state index contributed by atoms with van der Waals surface area (Å²) in [6.45, 7) is -0.558. The molecule has 2 rings (SSSR count). The lowest BCUT2D eigenvalue weighted by molar-refractivity contribution is -0.307. The molecule has 0 spiro atoms. The molecule has 0 amide bonds. The summed E-state index contributed by atoms with van der Waals surface area (Å²) < 4.78 is 10.1. The van der Waals surface area contributed by atoms with Crippen LogP contribution in [0.5, 0.6) is 11.5 Å². The Morgan fingerprint density at radius 3 is 2.57 bits per heavy atom. The fourth-order valence-electron chi connectivity index (χ4n) is 1.89. The summed E-state index contributed by atoms with van der Waals surface area (Å²) in [5.74, 6) is -0.529. The molecule has 0 saturated heterocycles. The summed E-state index contributed by atoms with van der Waals surface area (Å²) in [5.41, 5.74) is 1.24. The first kappa shape index (κ1) is 16.3. The number of hydrogen-bond acceptors (Lipinski definition) is 5. The number of rotatable bonds is 7. The van der Waals surface area contributed by atoms with Crippen LogP contribution in [0.3, 0.4) is 0 Å². The largest absolute Gasteiger partial charge is 0.546 e. The lowest BCUT2D eigenvalue weighted by Gasteiger charge is -2.07.